The predicted octanol–water partition coefficient (Wildman–Crippen LogP) is 2.22. The average Bonchev–Trinajstić information content (AvgIpc) is 2.59. The molecule has 7 heteroatoms. The lowest BCUT2D eigenvalue weighted by atomic mass is 10.2. The topological polar surface area (TPSA) is 79.8 Å². The van der Waals surface area contributed by atoms with Crippen LogP contribution in [0.3, 0.4) is 0 Å². The zero-order valence-corrected chi connectivity index (χ0v) is 17.0. The van der Waals surface area contributed by atoms with Gasteiger partial charge in [0.1, 0.15) is 0 Å². The summed E-state index contributed by atoms with van der Waals surface area (Å²) in [6.45, 7) is 7.10. The van der Waals surface area contributed by atoms with Crippen LogP contribution in [0, 0.1) is 5.92 Å². The second-order valence-electron chi connectivity index (χ2n) is 6.68. The van der Waals surface area contributed by atoms with Crippen molar-refractivity contribution in [2.24, 2.45) is 10.9 Å². The summed E-state index contributed by atoms with van der Waals surface area (Å²) in [6.07, 6.45) is 1.45. The van der Waals surface area contributed by atoms with Crippen molar-refractivity contribution in [3.8, 4) is 0 Å². The summed E-state index contributed by atoms with van der Waals surface area (Å²) < 4.78 is 29.8. The molecule has 0 amide bonds. The van der Waals surface area contributed by atoms with Crippen LogP contribution in [0.4, 0.5) is 0 Å². The SMILES string of the molecule is CN=C(NCCCOCC(C)C)NCCCS(=O)(=O)Cc1ccccc1. The van der Waals surface area contributed by atoms with Crippen molar-refractivity contribution in [2.45, 2.75) is 32.4 Å². The van der Waals surface area contributed by atoms with E-state index in [0.29, 0.717) is 24.8 Å². The van der Waals surface area contributed by atoms with Crippen LogP contribution in [0.5, 0.6) is 0 Å². The number of ether oxygens (including phenoxy) is 1. The van der Waals surface area contributed by atoms with Gasteiger partial charge in [0.15, 0.2) is 15.8 Å². The average molecular weight is 384 g/mol. The summed E-state index contributed by atoms with van der Waals surface area (Å²) in [5.41, 5.74) is 0.831. The van der Waals surface area contributed by atoms with Crippen LogP contribution in [0.15, 0.2) is 35.3 Å². The quantitative estimate of drug-likeness (QED) is 0.329. The van der Waals surface area contributed by atoms with Gasteiger partial charge >= 0.3 is 0 Å². The van der Waals surface area contributed by atoms with Gasteiger partial charge in [-0.05, 0) is 24.3 Å². The highest BCUT2D eigenvalue weighted by Crippen LogP contribution is 2.06. The maximum Gasteiger partial charge on any atom is 0.190 e. The second-order valence-corrected chi connectivity index (χ2v) is 8.86. The highest BCUT2D eigenvalue weighted by molar-refractivity contribution is 7.90. The van der Waals surface area contributed by atoms with E-state index in [1.54, 1.807) is 7.05 Å². The Bertz CT molecular complexity index is 616. The number of aliphatic imine (C=N–C) groups is 1. The Kier molecular flexibility index (Phi) is 11.0. The van der Waals surface area contributed by atoms with Gasteiger partial charge in [-0.15, -0.1) is 0 Å². The minimum atomic E-state index is -3.09. The molecule has 0 aliphatic rings. The molecule has 1 aromatic carbocycles. The molecule has 0 atom stereocenters. The van der Waals surface area contributed by atoms with Gasteiger partial charge in [-0.3, -0.25) is 4.99 Å². The molecule has 148 valence electrons. The van der Waals surface area contributed by atoms with Gasteiger partial charge in [-0.1, -0.05) is 44.2 Å². The molecule has 1 rings (SSSR count). The summed E-state index contributed by atoms with van der Waals surface area (Å²) >= 11 is 0. The lowest BCUT2D eigenvalue weighted by Crippen LogP contribution is -2.38. The number of guanidine groups is 1. The van der Waals surface area contributed by atoms with Gasteiger partial charge in [-0.25, -0.2) is 8.42 Å². The summed E-state index contributed by atoms with van der Waals surface area (Å²) in [7, 11) is -1.39. The molecule has 0 aliphatic carbocycles. The van der Waals surface area contributed by atoms with Crippen molar-refractivity contribution in [1.82, 2.24) is 10.6 Å². The first-order valence-corrected chi connectivity index (χ1v) is 11.0. The van der Waals surface area contributed by atoms with Crippen molar-refractivity contribution < 1.29 is 13.2 Å². The van der Waals surface area contributed by atoms with Crippen LogP contribution < -0.4 is 10.6 Å². The Morgan fingerprint density at radius 1 is 1.12 bits per heavy atom. The zero-order valence-electron chi connectivity index (χ0n) is 16.2. The number of nitrogens with one attached hydrogen (secondary N) is 2. The maximum absolute atomic E-state index is 12.1. The van der Waals surface area contributed by atoms with Crippen molar-refractivity contribution in [3.05, 3.63) is 35.9 Å². The number of sulfone groups is 1. The highest BCUT2D eigenvalue weighted by atomic mass is 32.2. The molecule has 0 fully saturated rings. The van der Waals surface area contributed by atoms with Gasteiger partial charge in [-0.2, -0.15) is 0 Å². The van der Waals surface area contributed by atoms with Crippen molar-refractivity contribution in [2.75, 3.05) is 39.1 Å². The van der Waals surface area contributed by atoms with Gasteiger partial charge in [0.2, 0.25) is 0 Å². The normalized spacial score (nSPS) is 12.4. The van der Waals surface area contributed by atoms with E-state index in [0.717, 1.165) is 31.7 Å². The Morgan fingerprint density at radius 2 is 1.77 bits per heavy atom. The van der Waals surface area contributed by atoms with E-state index in [2.05, 4.69) is 29.5 Å². The molecule has 26 heavy (non-hydrogen) atoms. The molecule has 0 aliphatic heterocycles. The van der Waals surface area contributed by atoms with Crippen molar-refractivity contribution in [1.29, 1.82) is 0 Å². The van der Waals surface area contributed by atoms with Crippen molar-refractivity contribution >= 4 is 15.8 Å². The molecule has 0 spiro atoms. The zero-order chi connectivity index (χ0) is 19.3. The van der Waals surface area contributed by atoms with Gasteiger partial charge in [0, 0.05) is 33.4 Å². The Balaban J connectivity index is 2.16. The summed E-state index contributed by atoms with van der Waals surface area (Å²) in [6, 6.07) is 9.28. The number of rotatable bonds is 12. The fourth-order valence-corrected chi connectivity index (χ4v) is 3.75. The Morgan fingerprint density at radius 3 is 2.38 bits per heavy atom. The maximum atomic E-state index is 12.1. The molecule has 0 bridgehead atoms. The third-order valence-corrected chi connectivity index (χ3v) is 5.27. The molecule has 0 saturated carbocycles. The summed E-state index contributed by atoms with van der Waals surface area (Å²) in [4.78, 5) is 4.14. The number of benzene rings is 1. The second kappa shape index (κ2) is 12.7. The Labute approximate surface area is 158 Å². The van der Waals surface area contributed by atoms with E-state index < -0.39 is 9.84 Å². The van der Waals surface area contributed by atoms with Crippen LogP contribution in [0.2, 0.25) is 0 Å². The first kappa shape index (κ1) is 22.4. The van der Waals surface area contributed by atoms with Crippen LogP contribution in [0.1, 0.15) is 32.3 Å². The van der Waals surface area contributed by atoms with E-state index in [1.807, 2.05) is 30.3 Å². The molecule has 0 saturated heterocycles. The minimum absolute atomic E-state index is 0.0944. The van der Waals surface area contributed by atoms with Crippen LogP contribution in [0.25, 0.3) is 0 Å². The number of hydrogen-bond acceptors (Lipinski definition) is 4. The predicted molar refractivity (Wildman–Crippen MR) is 108 cm³/mol. The fraction of sp³-hybridized carbons (Fsp3) is 0.632. The molecule has 0 aromatic heterocycles. The van der Waals surface area contributed by atoms with E-state index >= 15 is 0 Å². The molecule has 6 nitrogen and oxygen atoms in total. The van der Waals surface area contributed by atoms with E-state index in [9.17, 15) is 8.42 Å². The van der Waals surface area contributed by atoms with E-state index in [-0.39, 0.29) is 11.5 Å². The molecular formula is C19H33N3O3S. The third-order valence-electron chi connectivity index (χ3n) is 3.59. The highest BCUT2D eigenvalue weighted by Gasteiger charge is 2.11. The first-order chi connectivity index (χ1) is 12.4. The third kappa shape index (κ3) is 11.1. The number of hydrogen-bond donors (Lipinski definition) is 2. The number of nitrogens with zero attached hydrogens (tertiary/aromatic N) is 1. The van der Waals surface area contributed by atoms with Crippen molar-refractivity contribution in [3.63, 3.8) is 0 Å². The van der Waals surface area contributed by atoms with Gasteiger partial charge in [0.05, 0.1) is 11.5 Å². The molecular weight excluding hydrogens is 350 g/mol. The van der Waals surface area contributed by atoms with Crippen LogP contribution in [-0.2, 0) is 20.3 Å². The molecule has 0 radical (unpaired) electrons. The van der Waals surface area contributed by atoms with E-state index in [4.69, 9.17) is 4.74 Å². The summed E-state index contributed by atoms with van der Waals surface area (Å²) in [5.74, 6) is 1.50. The minimum Gasteiger partial charge on any atom is -0.381 e. The molecule has 0 heterocycles. The molecule has 2 N–H and O–H groups in total. The fourth-order valence-electron chi connectivity index (χ4n) is 2.32. The lowest BCUT2D eigenvalue weighted by molar-refractivity contribution is 0.108. The lowest BCUT2D eigenvalue weighted by Gasteiger charge is -2.12. The monoisotopic (exact) mass is 383 g/mol. The van der Waals surface area contributed by atoms with Crippen LogP contribution >= 0.6 is 0 Å². The Hall–Kier alpha value is -1.60. The smallest absolute Gasteiger partial charge is 0.190 e. The van der Waals surface area contributed by atoms with E-state index in [1.165, 1.54) is 0 Å². The molecule has 0 unspecified atom stereocenters. The molecule has 1 aromatic rings. The first-order valence-electron chi connectivity index (χ1n) is 9.19. The van der Waals surface area contributed by atoms with Crippen LogP contribution in [-0.4, -0.2) is 53.5 Å². The largest absolute Gasteiger partial charge is 0.381 e. The van der Waals surface area contributed by atoms with Gasteiger partial charge in [0.25, 0.3) is 0 Å². The van der Waals surface area contributed by atoms with Gasteiger partial charge < -0.3 is 15.4 Å². The summed E-state index contributed by atoms with van der Waals surface area (Å²) in [5, 5.41) is 6.35. The standard InChI is InChI=1S/C19H33N3O3S/c1-17(2)15-25-13-7-11-21-19(20-3)22-12-8-14-26(23,24)16-18-9-5-4-6-10-18/h4-6,9-10,17H,7-8,11-16H2,1-3H3,(H2,20,21,22).